The van der Waals surface area contributed by atoms with E-state index in [-0.39, 0.29) is 24.2 Å². The molecule has 12 heteroatoms. The van der Waals surface area contributed by atoms with E-state index in [9.17, 15) is 0 Å². The van der Waals surface area contributed by atoms with Crippen LogP contribution in [0.1, 0.15) is 12.8 Å². The van der Waals surface area contributed by atoms with Gasteiger partial charge in [0, 0.05) is 50.3 Å². The highest BCUT2D eigenvalue weighted by atomic mass is 32.1. The molecule has 4 atom stereocenters. The number of nitrogens with one attached hydrogen (secondary N) is 1. The molecule has 2 saturated heterocycles. The van der Waals surface area contributed by atoms with Gasteiger partial charge < -0.3 is 32.7 Å². The van der Waals surface area contributed by atoms with Gasteiger partial charge in [-0.2, -0.15) is 15.0 Å². The Bertz CT molecular complexity index is 991. The first-order valence-corrected chi connectivity index (χ1v) is 11.7. The normalized spacial score (nSPS) is 26.5. The number of nitrogens with two attached hydrogens (primary N) is 4. The molecule has 0 spiro atoms. The van der Waals surface area contributed by atoms with Crippen LogP contribution in [0, 0.1) is 0 Å². The van der Waals surface area contributed by atoms with Gasteiger partial charge in [0.05, 0.1) is 10.2 Å². The van der Waals surface area contributed by atoms with E-state index in [1.165, 1.54) is 0 Å². The van der Waals surface area contributed by atoms with Crippen LogP contribution in [0.2, 0.25) is 0 Å². The number of fused-ring (bicyclic) bond motifs is 1. The minimum Gasteiger partial charge on any atom is -0.338 e. The Morgan fingerprint density at radius 2 is 1.28 bits per heavy atom. The minimum absolute atomic E-state index is 0.0310. The van der Waals surface area contributed by atoms with Gasteiger partial charge in [0.2, 0.25) is 17.8 Å². The molecular weight excluding hydrogens is 426 g/mol. The van der Waals surface area contributed by atoms with E-state index in [0.717, 1.165) is 23.1 Å². The summed E-state index contributed by atoms with van der Waals surface area (Å²) in [4.78, 5) is 22.8. The third kappa shape index (κ3) is 4.59. The fraction of sp³-hybridized carbons (Fsp3) is 0.500. The van der Waals surface area contributed by atoms with Crippen LogP contribution in [0.5, 0.6) is 0 Å². The van der Waals surface area contributed by atoms with E-state index in [0.29, 0.717) is 49.2 Å². The van der Waals surface area contributed by atoms with Gasteiger partial charge in [0.1, 0.15) is 0 Å². The smallest absolute Gasteiger partial charge is 0.235 e. The lowest BCUT2D eigenvalue weighted by Gasteiger charge is -2.36. The molecule has 170 valence electrons. The molecule has 0 amide bonds. The fourth-order valence-electron chi connectivity index (χ4n) is 4.40. The standard InChI is InChI=1S/C20H29N11S/c21-11-5-12(22)8-30(7-11)18-26-17(28-20-25-15-3-1-2-4-16(15)32-20)27-19(29-18)31-9-13(23)6-14(24)10-31/h1-4,11-14H,5-10,21-24H2,(H,25,26,27,28,29). The number of rotatable bonds is 4. The molecule has 3 aromatic rings. The van der Waals surface area contributed by atoms with Gasteiger partial charge in [-0.25, -0.2) is 4.98 Å². The second-order valence-corrected chi connectivity index (χ2v) is 9.72. The van der Waals surface area contributed by atoms with Crippen molar-refractivity contribution >= 4 is 44.5 Å². The summed E-state index contributed by atoms with van der Waals surface area (Å²) in [7, 11) is 0. The molecule has 5 rings (SSSR count). The van der Waals surface area contributed by atoms with Crippen molar-refractivity contribution in [2.45, 2.75) is 37.0 Å². The monoisotopic (exact) mass is 455 g/mol. The van der Waals surface area contributed by atoms with E-state index in [2.05, 4.69) is 20.3 Å². The van der Waals surface area contributed by atoms with Crippen LogP contribution < -0.4 is 38.1 Å². The first kappa shape index (κ1) is 21.2. The zero-order valence-electron chi connectivity index (χ0n) is 17.8. The van der Waals surface area contributed by atoms with Crippen molar-refractivity contribution in [3.05, 3.63) is 24.3 Å². The number of benzene rings is 1. The van der Waals surface area contributed by atoms with Crippen molar-refractivity contribution in [2.75, 3.05) is 41.3 Å². The van der Waals surface area contributed by atoms with Gasteiger partial charge in [-0.15, -0.1) is 0 Å². The van der Waals surface area contributed by atoms with Gasteiger partial charge in [0.25, 0.3) is 0 Å². The molecule has 0 bridgehead atoms. The number of nitrogens with zero attached hydrogens (tertiary/aromatic N) is 6. The molecule has 1 aromatic carbocycles. The number of thiazole rings is 1. The van der Waals surface area contributed by atoms with Gasteiger partial charge in [0.15, 0.2) is 5.13 Å². The highest BCUT2D eigenvalue weighted by Crippen LogP contribution is 2.29. The Balaban J connectivity index is 1.49. The minimum atomic E-state index is -0.0310. The quantitative estimate of drug-likeness (QED) is 0.357. The number of piperidine rings is 2. The summed E-state index contributed by atoms with van der Waals surface area (Å²) in [6.07, 6.45) is 1.56. The van der Waals surface area contributed by atoms with Gasteiger partial charge in [-0.05, 0) is 25.0 Å². The number of aromatic nitrogens is 4. The Hall–Kier alpha value is -2.64. The van der Waals surface area contributed by atoms with Crippen molar-refractivity contribution in [1.29, 1.82) is 0 Å². The molecule has 32 heavy (non-hydrogen) atoms. The summed E-state index contributed by atoms with van der Waals surface area (Å²) in [6, 6.07) is 7.86. The zero-order chi connectivity index (χ0) is 22.2. The number of hydrogen-bond donors (Lipinski definition) is 5. The Labute approximate surface area is 190 Å². The van der Waals surface area contributed by atoms with Crippen molar-refractivity contribution in [1.82, 2.24) is 19.9 Å². The van der Waals surface area contributed by atoms with Gasteiger partial charge in [-0.3, -0.25) is 5.32 Å². The van der Waals surface area contributed by atoms with E-state index in [1.54, 1.807) is 11.3 Å². The highest BCUT2D eigenvalue weighted by molar-refractivity contribution is 7.22. The van der Waals surface area contributed by atoms with Crippen molar-refractivity contribution in [2.24, 2.45) is 22.9 Å². The summed E-state index contributed by atoms with van der Waals surface area (Å²) in [5.41, 5.74) is 25.8. The largest absolute Gasteiger partial charge is 0.338 e. The molecule has 2 aliphatic heterocycles. The average molecular weight is 456 g/mol. The highest BCUT2D eigenvalue weighted by Gasteiger charge is 2.28. The lowest BCUT2D eigenvalue weighted by atomic mass is 10.0. The molecule has 0 aliphatic carbocycles. The summed E-state index contributed by atoms with van der Waals surface area (Å²) in [5, 5.41) is 3.98. The molecule has 0 radical (unpaired) electrons. The van der Waals surface area contributed by atoms with Crippen LogP contribution in [0.15, 0.2) is 24.3 Å². The van der Waals surface area contributed by atoms with Crippen LogP contribution in [0.3, 0.4) is 0 Å². The molecule has 11 nitrogen and oxygen atoms in total. The maximum absolute atomic E-state index is 6.21. The van der Waals surface area contributed by atoms with E-state index in [4.69, 9.17) is 27.9 Å². The molecule has 9 N–H and O–H groups in total. The van der Waals surface area contributed by atoms with Crippen LogP contribution in [0.4, 0.5) is 23.0 Å². The van der Waals surface area contributed by atoms with E-state index >= 15 is 0 Å². The predicted molar refractivity (Wildman–Crippen MR) is 128 cm³/mol. The molecule has 2 aliphatic rings. The lowest BCUT2D eigenvalue weighted by molar-refractivity contribution is 0.441. The third-order valence-electron chi connectivity index (χ3n) is 5.72. The average Bonchev–Trinajstić information content (AvgIpc) is 3.14. The third-order valence-corrected chi connectivity index (χ3v) is 6.67. The van der Waals surface area contributed by atoms with Gasteiger partial charge >= 0.3 is 0 Å². The van der Waals surface area contributed by atoms with Crippen LogP contribution in [-0.2, 0) is 0 Å². The number of para-hydroxylation sites is 1. The maximum atomic E-state index is 6.21. The number of anilines is 4. The molecule has 2 aromatic heterocycles. The first-order chi connectivity index (χ1) is 15.4. The second kappa shape index (κ2) is 8.71. The first-order valence-electron chi connectivity index (χ1n) is 10.8. The van der Waals surface area contributed by atoms with E-state index in [1.807, 2.05) is 34.1 Å². The van der Waals surface area contributed by atoms with Crippen molar-refractivity contribution < 1.29 is 0 Å². The topological polar surface area (TPSA) is 174 Å². The SMILES string of the molecule is NC1CC(N)CN(c2nc(Nc3nc4ccccc4s3)nc(N3CC(N)CC(N)C3)n2)C1. The van der Waals surface area contributed by atoms with Gasteiger partial charge in [-0.1, -0.05) is 23.5 Å². The summed E-state index contributed by atoms with van der Waals surface area (Å²) >= 11 is 1.55. The zero-order valence-corrected chi connectivity index (χ0v) is 18.6. The lowest BCUT2D eigenvalue weighted by Crippen LogP contribution is -2.54. The summed E-state index contributed by atoms with van der Waals surface area (Å²) in [5.74, 6) is 1.50. The maximum Gasteiger partial charge on any atom is 0.235 e. The Morgan fingerprint density at radius 1 is 0.750 bits per heavy atom. The predicted octanol–water partition coefficient (Wildman–Crippen LogP) is -0.0457. The molecule has 4 heterocycles. The molecule has 2 fully saturated rings. The van der Waals surface area contributed by atoms with E-state index < -0.39 is 0 Å². The van der Waals surface area contributed by atoms with Crippen LogP contribution in [-0.4, -0.2) is 70.3 Å². The summed E-state index contributed by atoms with van der Waals surface area (Å²) < 4.78 is 1.09. The Morgan fingerprint density at radius 3 is 1.81 bits per heavy atom. The fourth-order valence-corrected chi connectivity index (χ4v) is 5.26. The number of hydrogen-bond acceptors (Lipinski definition) is 12. The van der Waals surface area contributed by atoms with Crippen LogP contribution >= 0.6 is 11.3 Å². The molecular formula is C20H29N11S. The molecule has 0 saturated carbocycles. The second-order valence-electron chi connectivity index (χ2n) is 8.69. The summed E-state index contributed by atoms with van der Waals surface area (Å²) in [6.45, 7) is 2.54. The Kier molecular flexibility index (Phi) is 5.78. The van der Waals surface area contributed by atoms with Crippen LogP contribution in [0.25, 0.3) is 10.2 Å². The van der Waals surface area contributed by atoms with Crippen molar-refractivity contribution in [3.63, 3.8) is 0 Å². The van der Waals surface area contributed by atoms with Crippen molar-refractivity contribution in [3.8, 4) is 0 Å². The molecule has 4 unspecified atom stereocenters.